The van der Waals surface area contributed by atoms with Gasteiger partial charge >= 0.3 is 0 Å². The summed E-state index contributed by atoms with van der Waals surface area (Å²) in [5.74, 6) is 0. The zero-order valence-electron chi connectivity index (χ0n) is 12.0. The van der Waals surface area contributed by atoms with Gasteiger partial charge in [-0.2, -0.15) is 0 Å². The lowest BCUT2D eigenvalue weighted by Gasteiger charge is -2.37. The van der Waals surface area contributed by atoms with Crippen LogP contribution in [-0.4, -0.2) is 11.9 Å². The van der Waals surface area contributed by atoms with E-state index in [-0.39, 0.29) is 11.1 Å². The van der Waals surface area contributed by atoms with Gasteiger partial charge in [-0.15, -0.1) is 0 Å². The molecule has 2 aromatic rings. The van der Waals surface area contributed by atoms with Gasteiger partial charge in [0.05, 0.1) is 0 Å². The number of hydrogen-bond donors (Lipinski definition) is 0. The molecule has 1 nitrogen and oxygen atoms in total. The van der Waals surface area contributed by atoms with Crippen molar-refractivity contribution >= 4 is 0 Å². The molecule has 2 aliphatic rings. The van der Waals surface area contributed by atoms with E-state index in [4.69, 9.17) is 0 Å². The fourth-order valence-corrected chi connectivity index (χ4v) is 4.62. The van der Waals surface area contributed by atoms with Crippen molar-refractivity contribution in [1.29, 1.82) is 0 Å². The molecular weight excluding hydrogens is 242 g/mol. The Morgan fingerprint density at radius 2 is 1.00 bits per heavy atom. The van der Waals surface area contributed by atoms with E-state index in [1.807, 2.05) is 0 Å². The number of nitrogens with zero attached hydrogens (tertiary/aromatic N) is 1. The molecule has 2 aliphatic heterocycles. The van der Waals surface area contributed by atoms with Crippen LogP contribution in [0.1, 0.15) is 36.8 Å². The van der Waals surface area contributed by atoms with Crippen LogP contribution < -0.4 is 0 Å². The van der Waals surface area contributed by atoms with Crippen molar-refractivity contribution in [1.82, 2.24) is 4.90 Å². The molecule has 2 saturated heterocycles. The van der Waals surface area contributed by atoms with E-state index in [1.165, 1.54) is 36.8 Å². The molecule has 2 heterocycles. The second-order valence-corrected chi connectivity index (χ2v) is 6.35. The maximum absolute atomic E-state index is 2.67. The third kappa shape index (κ3) is 1.42. The third-order valence-corrected chi connectivity index (χ3v) is 5.81. The molecular formula is C19H21N. The monoisotopic (exact) mass is 263 g/mol. The fourth-order valence-electron chi connectivity index (χ4n) is 4.62. The van der Waals surface area contributed by atoms with E-state index in [9.17, 15) is 0 Å². The molecule has 0 N–H and O–H groups in total. The molecule has 0 spiro atoms. The van der Waals surface area contributed by atoms with Gasteiger partial charge < -0.3 is 0 Å². The maximum Gasteiger partial charge on any atom is 0.0467 e. The van der Waals surface area contributed by atoms with Gasteiger partial charge in [-0.1, -0.05) is 60.7 Å². The first-order valence-corrected chi connectivity index (χ1v) is 7.63. The Kier molecular flexibility index (Phi) is 2.55. The van der Waals surface area contributed by atoms with Crippen molar-refractivity contribution in [2.45, 2.75) is 36.8 Å². The minimum atomic E-state index is 0.261. The molecule has 2 fully saturated rings. The normalized spacial score (nSPS) is 32.6. The Morgan fingerprint density at radius 1 is 0.650 bits per heavy atom. The topological polar surface area (TPSA) is 3.24 Å². The van der Waals surface area contributed by atoms with Crippen molar-refractivity contribution < 1.29 is 0 Å². The van der Waals surface area contributed by atoms with Gasteiger partial charge in [0.2, 0.25) is 0 Å². The molecule has 2 bridgehead atoms. The molecule has 0 amide bonds. The zero-order valence-corrected chi connectivity index (χ0v) is 12.0. The van der Waals surface area contributed by atoms with Crippen LogP contribution in [-0.2, 0) is 11.1 Å². The summed E-state index contributed by atoms with van der Waals surface area (Å²) in [4.78, 5) is 2.67. The van der Waals surface area contributed by atoms with Gasteiger partial charge in [-0.25, -0.2) is 0 Å². The van der Waals surface area contributed by atoms with Gasteiger partial charge in [-0.05, 0) is 43.9 Å². The van der Waals surface area contributed by atoms with Crippen LogP contribution in [0.15, 0.2) is 60.7 Å². The van der Waals surface area contributed by atoms with Crippen LogP contribution in [0, 0.1) is 0 Å². The van der Waals surface area contributed by atoms with Gasteiger partial charge in [0, 0.05) is 11.1 Å². The number of rotatable bonds is 2. The molecule has 0 saturated carbocycles. The van der Waals surface area contributed by atoms with Crippen molar-refractivity contribution in [3.63, 3.8) is 0 Å². The highest BCUT2D eigenvalue weighted by molar-refractivity contribution is 5.36. The van der Waals surface area contributed by atoms with Crippen LogP contribution in [0.3, 0.4) is 0 Å². The average molecular weight is 263 g/mol. The van der Waals surface area contributed by atoms with Crippen molar-refractivity contribution in [3.8, 4) is 0 Å². The van der Waals surface area contributed by atoms with E-state index in [0.29, 0.717) is 0 Å². The highest BCUT2D eigenvalue weighted by Gasteiger charge is 2.59. The summed E-state index contributed by atoms with van der Waals surface area (Å²) in [6, 6.07) is 22.2. The lowest BCUT2D eigenvalue weighted by molar-refractivity contribution is 0.133. The van der Waals surface area contributed by atoms with E-state index in [1.54, 1.807) is 0 Å². The van der Waals surface area contributed by atoms with Gasteiger partial charge in [0.1, 0.15) is 0 Å². The SMILES string of the molecule is CN1C2(c3ccccc3)CCC1(c1ccccc1)CC2. The summed E-state index contributed by atoms with van der Waals surface area (Å²) in [6.45, 7) is 0. The van der Waals surface area contributed by atoms with E-state index < -0.39 is 0 Å². The zero-order chi connectivity index (χ0) is 13.6. The second kappa shape index (κ2) is 4.20. The number of fused-ring (bicyclic) bond motifs is 2. The Hall–Kier alpha value is -1.60. The number of benzene rings is 2. The number of hydrogen-bond acceptors (Lipinski definition) is 1. The maximum atomic E-state index is 2.67. The van der Waals surface area contributed by atoms with Crippen LogP contribution in [0.4, 0.5) is 0 Å². The predicted molar refractivity (Wildman–Crippen MR) is 82.5 cm³/mol. The quantitative estimate of drug-likeness (QED) is 0.781. The van der Waals surface area contributed by atoms with Crippen molar-refractivity contribution in [3.05, 3.63) is 71.8 Å². The first-order valence-electron chi connectivity index (χ1n) is 7.63. The van der Waals surface area contributed by atoms with Crippen LogP contribution in [0.2, 0.25) is 0 Å². The fraction of sp³-hybridized carbons (Fsp3) is 0.368. The predicted octanol–water partition coefficient (Wildman–Crippen LogP) is 4.30. The molecule has 0 aromatic heterocycles. The van der Waals surface area contributed by atoms with Crippen molar-refractivity contribution in [2.24, 2.45) is 0 Å². The molecule has 4 rings (SSSR count). The van der Waals surface area contributed by atoms with Crippen molar-refractivity contribution in [2.75, 3.05) is 7.05 Å². The highest BCUT2D eigenvalue weighted by Crippen LogP contribution is 2.61. The molecule has 0 atom stereocenters. The molecule has 20 heavy (non-hydrogen) atoms. The molecule has 2 aromatic carbocycles. The standard InChI is InChI=1S/C19H21N/c1-20-18(16-8-4-2-5-9-16)12-14-19(20,15-13-18)17-10-6-3-7-11-17/h2-11H,12-15H2,1H3. The summed E-state index contributed by atoms with van der Waals surface area (Å²) in [5, 5.41) is 0. The molecule has 0 aliphatic carbocycles. The lowest BCUT2D eigenvalue weighted by Crippen LogP contribution is -2.40. The summed E-state index contributed by atoms with van der Waals surface area (Å²) in [7, 11) is 2.33. The first kappa shape index (κ1) is 12.2. The molecule has 0 unspecified atom stereocenters. The first-order chi connectivity index (χ1) is 9.78. The van der Waals surface area contributed by atoms with Gasteiger partial charge in [0.25, 0.3) is 0 Å². The average Bonchev–Trinajstić information content (AvgIpc) is 3.00. The largest absolute Gasteiger partial charge is 0.287 e. The molecule has 1 heteroatoms. The summed E-state index contributed by atoms with van der Waals surface area (Å²) in [6.07, 6.45) is 5.12. The summed E-state index contributed by atoms with van der Waals surface area (Å²) in [5.41, 5.74) is 3.52. The minimum Gasteiger partial charge on any atom is -0.287 e. The lowest BCUT2D eigenvalue weighted by atomic mass is 9.76. The van der Waals surface area contributed by atoms with E-state index in [0.717, 1.165) is 0 Å². The Morgan fingerprint density at radius 3 is 1.35 bits per heavy atom. The Balaban J connectivity index is 1.79. The van der Waals surface area contributed by atoms with Crippen LogP contribution in [0.5, 0.6) is 0 Å². The van der Waals surface area contributed by atoms with E-state index in [2.05, 4.69) is 72.6 Å². The highest BCUT2D eigenvalue weighted by atomic mass is 15.3. The van der Waals surface area contributed by atoms with Gasteiger partial charge in [0.15, 0.2) is 0 Å². The second-order valence-electron chi connectivity index (χ2n) is 6.35. The molecule has 0 radical (unpaired) electrons. The van der Waals surface area contributed by atoms with Gasteiger partial charge in [-0.3, -0.25) is 4.90 Å². The van der Waals surface area contributed by atoms with E-state index >= 15 is 0 Å². The third-order valence-electron chi connectivity index (χ3n) is 5.81. The smallest absolute Gasteiger partial charge is 0.0467 e. The molecule has 102 valence electrons. The Labute approximate surface area is 121 Å². The summed E-state index contributed by atoms with van der Waals surface area (Å²) < 4.78 is 0. The summed E-state index contributed by atoms with van der Waals surface area (Å²) >= 11 is 0. The van der Waals surface area contributed by atoms with Crippen LogP contribution >= 0.6 is 0 Å². The minimum absolute atomic E-state index is 0.261. The van der Waals surface area contributed by atoms with Crippen LogP contribution in [0.25, 0.3) is 0 Å². The Bertz CT molecular complexity index is 539.